The molecule has 112 valence electrons. The Morgan fingerprint density at radius 1 is 1.41 bits per heavy atom. The van der Waals surface area contributed by atoms with E-state index >= 15 is 0 Å². The number of nitrogens with one attached hydrogen (secondary N) is 1. The first-order chi connectivity index (χ1) is 10.7. The highest BCUT2D eigenvalue weighted by Crippen LogP contribution is 2.41. The summed E-state index contributed by atoms with van der Waals surface area (Å²) in [5.41, 5.74) is 0.854. The molecule has 1 aromatic carbocycles. The number of rotatable bonds is 4. The Bertz CT molecular complexity index is 738. The topological polar surface area (TPSA) is 63.0 Å². The minimum absolute atomic E-state index is 0.0590. The van der Waals surface area contributed by atoms with Crippen molar-refractivity contribution in [1.29, 1.82) is 5.41 Å². The molecule has 1 atom stereocenters. The maximum absolute atomic E-state index is 12.6. The van der Waals surface area contributed by atoms with Crippen LogP contribution >= 0.6 is 23.1 Å². The normalized spacial score (nSPS) is 19.9. The van der Waals surface area contributed by atoms with Crippen LogP contribution in [0.1, 0.15) is 23.4 Å². The fourth-order valence-corrected chi connectivity index (χ4v) is 4.02. The van der Waals surface area contributed by atoms with E-state index in [9.17, 15) is 4.79 Å². The van der Waals surface area contributed by atoms with Gasteiger partial charge in [0.25, 0.3) is 0 Å². The Balaban J connectivity index is 1.93. The number of hydrogen-bond donors (Lipinski definition) is 1. The maximum atomic E-state index is 12.6. The van der Waals surface area contributed by atoms with Gasteiger partial charge in [-0.25, -0.2) is 4.98 Å². The lowest BCUT2D eigenvalue weighted by Gasteiger charge is -2.07. The van der Waals surface area contributed by atoms with Crippen LogP contribution in [0, 0.1) is 5.41 Å². The number of para-hydroxylation sites is 1. The predicted molar refractivity (Wildman–Crippen MR) is 90.8 cm³/mol. The van der Waals surface area contributed by atoms with Crippen molar-refractivity contribution in [3.8, 4) is 5.75 Å². The van der Waals surface area contributed by atoms with Crippen LogP contribution in [0.5, 0.6) is 5.75 Å². The summed E-state index contributed by atoms with van der Waals surface area (Å²) in [6.07, 6.45) is 3.47. The summed E-state index contributed by atoms with van der Waals surface area (Å²) in [5.74, 6) is 0.141. The third-order valence-corrected chi connectivity index (χ3v) is 5.03. The van der Waals surface area contributed by atoms with Crippen LogP contribution in [-0.2, 0) is 4.79 Å². The molecule has 22 heavy (non-hydrogen) atoms. The molecule has 1 aliphatic heterocycles. The van der Waals surface area contributed by atoms with Crippen LogP contribution in [0.25, 0.3) is 6.08 Å². The smallest absolute Gasteiger partial charge is 0.186 e. The quantitative estimate of drug-likeness (QED) is 0.862. The van der Waals surface area contributed by atoms with Crippen molar-refractivity contribution in [3.63, 3.8) is 0 Å². The third-order valence-electron chi connectivity index (χ3n) is 3.19. The highest BCUT2D eigenvalue weighted by Gasteiger charge is 2.38. The van der Waals surface area contributed by atoms with Gasteiger partial charge in [-0.1, -0.05) is 30.0 Å². The maximum Gasteiger partial charge on any atom is 0.186 e. The summed E-state index contributed by atoms with van der Waals surface area (Å²) in [4.78, 5) is 17.3. The standard InChI is InChI=1S/C16H14N2O2S2/c1-2-20-11-6-4-3-5-10(11)9-12-14(19)13(15(17)22-12)16-18-7-8-21-16/h3-9,13,17H,2H2,1H3/b12-9-,17-15?/t13-/m0/s1. The van der Waals surface area contributed by atoms with Crippen LogP contribution in [-0.4, -0.2) is 22.4 Å². The van der Waals surface area contributed by atoms with E-state index in [0.29, 0.717) is 21.6 Å². The molecular formula is C16H14N2O2S2. The summed E-state index contributed by atoms with van der Waals surface area (Å²) >= 11 is 2.62. The van der Waals surface area contributed by atoms with E-state index in [0.717, 1.165) is 11.3 Å². The number of thioether (sulfide) groups is 1. The fraction of sp³-hybridized carbons (Fsp3) is 0.188. The Kier molecular flexibility index (Phi) is 4.40. The second-order valence-corrected chi connectivity index (χ2v) is 6.62. The molecule has 0 amide bonds. The van der Waals surface area contributed by atoms with E-state index in [1.165, 1.54) is 23.1 Å². The Labute approximate surface area is 136 Å². The van der Waals surface area contributed by atoms with E-state index < -0.39 is 5.92 Å². The van der Waals surface area contributed by atoms with Gasteiger partial charge >= 0.3 is 0 Å². The Morgan fingerprint density at radius 2 is 2.23 bits per heavy atom. The molecule has 1 aliphatic rings. The number of allylic oxidation sites excluding steroid dienone is 1. The molecule has 2 heterocycles. The molecule has 6 heteroatoms. The number of benzene rings is 1. The van der Waals surface area contributed by atoms with E-state index in [1.54, 1.807) is 12.3 Å². The molecule has 1 N–H and O–H groups in total. The summed E-state index contributed by atoms with van der Waals surface area (Å²) in [7, 11) is 0. The van der Waals surface area contributed by atoms with Crippen LogP contribution in [0.15, 0.2) is 40.7 Å². The van der Waals surface area contributed by atoms with E-state index in [1.807, 2.05) is 36.6 Å². The molecule has 1 aromatic heterocycles. The summed E-state index contributed by atoms with van der Waals surface area (Å²) < 4.78 is 5.58. The Morgan fingerprint density at radius 3 is 2.95 bits per heavy atom. The highest BCUT2D eigenvalue weighted by atomic mass is 32.2. The number of nitrogens with zero attached hydrogens (tertiary/aromatic N) is 1. The second kappa shape index (κ2) is 6.46. The number of hydrogen-bond acceptors (Lipinski definition) is 6. The number of ketones is 1. The zero-order valence-electron chi connectivity index (χ0n) is 11.9. The third kappa shape index (κ3) is 2.84. The predicted octanol–water partition coefficient (Wildman–Crippen LogP) is 3.96. The van der Waals surface area contributed by atoms with Crippen LogP contribution < -0.4 is 4.74 Å². The van der Waals surface area contributed by atoms with Crippen LogP contribution in [0.4, 0.5) is 0 Å². The lowest BCUT2D eigenvalue weighted by Crippen LogP contribution is -2.11. The molecule has 2 aromatic rings. The summed E-state index contributed by atoms with van der Waals surface area (Å²) in [5, 5.41) is 10.9. The van der Waals surface area contributed by atoms with Gasteiger partial charge < -0.3 is 4.74 Å². The molecular weight excluding hydrogens is 316 g/mol. The van der Waals surface area contributed by atoms with E-state index in [2.05, 4.69) is 4.98 Å². The minimum atomic E-state index is -0.546. The van der Waals surface area contributed by atoms with Gasteiger partial charge in [-0.2, -0.15) is 0 Å². The monoisotopic (exact) mass is 330 g/mol. The molecule has 0 saturated carbocycles. The lowest BCUT2D eigenvalue weighted by molar-refractivity contribution is -0.114. The molecule has 0 radical (unpaired) electrons. The minimum Gasteiger partial charge on any atom is -0.493 e. The molecule has 0 unspecified atom stereocenters. The molecule has 0 spiro atoms. The van der Waals surface area contributed by atoms with Crippen molar-refractivity contribution in [1.82, 2.24) is 4.98 Å². The zero-order chi connectivity index (χ0) is 15.5. The first-order valence-electron chi connectivity index (χ1n) is 6.84. The van der Waals surface area contributed by atoms with Crippen molar-refractivity contribution in [2.24, 2.45) is 0 Å². The van der Waals surface area contributed by atoms with Gasteiger partial charge in [-0.05, 0) is 19.1 Å². The van der Waals surface area contributed by atoms with Gasteiger partial charge in [-0.15, -0.1) is 11.3 Å². The molecule has 1 saturated heterocycles. The fourth-order valence-electron chi connectivity index (χ4n) is 2.22. The molecule has 0 aliphatic carbocycles. The van der Waals surface area contributed by atoms with Crippen molar-refractivity contribution < 1.29 is 9.53 Å². The average molecular weight is 330 g/mol. The van der Waals surface area contributed by atoms with Crippen molar-refractivity contribution >= 4 is 40.0 Å². The summed E-state index contributed by atoms with van der Waals surface area (Å²) in [6.45, 7) is 2.49. The number of Topliss-reactive ketones (excluding diaryl/α,β-unsaturated/α-hetero) is 1. The van der Waals surface area contributed by atoms with Gasteiger partial charge in [-0.3, -0.25) is 10.2 Å². The Hall–Kier alpha value is -1.92. The zero-order valence-corrected chi connectivity index (χ0v) is 13.5. The first-order valence-corrected chi connectivity index (χ1v) is 8.53. The first kappa shape index (κ1) is 15.0. The molecule has 3 rings (SSSR count). The van der Waals surface area contributed by atoms with Gasteiger partial charge in [0.1, 0.15) is 16.7 Å². The lowest BCUT2D eigenvalue weighted by atomic mass is 10.0. The van der Waals surface area contributed by atoms with Gasteiger partial charge in [0, 0.05) is 17.1 Å². The van der Waals surface area contributed by atoms with E-state index in [4.69, 9.17) is 10.1 Å². The number of aromatic nitrogens is 1. The molecule has 0 bridgehead atoms. The summed E-state index contributed by atoms with van der Waals surface area (Å²) in [6, 6.07) is 7.59. The number of carbonyl (C=O) groups excluding carboxylic acids is 1. The molecule has 1 fully saturated rings. The van der Waals surface area contributed by atoms with Crippen molar-refractivity contribution in [2.75, 3.05) is 6.61 Å². The van der Waals surface area contributed by atoms with Crippen LogP contribution in [0.3, 0.4) is 0 Å². The van der Waals surface area contributed by atoms with Crippen LogP contribution in [0.2, 0.25) is 0 Å². The number of carbonyl (C=O) groups is 1. The molecule has 4 nitrogen and oxygen atoms in total. The van der Waals surface area contributed by atoms with Crippen molar-refractivity contribution in [2.45, 2.75) is 12.8 Å². The second-order valence-electron chi connectivity index (χ2n) is 4.61. The van der Waals surface area contributed by atoms with Gasteiger partial charge in [0.15, 0.2) is 5.78 Å². The largest absolute Gasteiger partial charge is 0.493 e. The SMILES string of the molecule is CCOc1ccccc1/C=C1\SC(=N)[C@@H](c2nccs2)C1=O. The van der Waals surface area contributed by atoms with E-state index in [-0.39, 0.29) is 5.78 Å². The van der Waals surface area contributed by atoms with Gasteiger partial charge in [0.05, 0.1) is 16.6 Å². The van der Waals surface area contributed by atoms with Crippen molar-refractivity contribution in [3.05, 3.63) is 51.3 Å². The number of thiazole rings is 1. The average Bonchev–Trinajstić information content (AvgIpc) is 3.10. The highest BCUT2D eigenvalue weighted by molar-refractivity contribution is 8.19. The van der Waals surface area contributed by atoms with Gasteiger partial charge in [0.2, 0.25) is 0 Å². The number of ether oxygens (including phenoxy) is 1.